The van der Waals surface area contributed by atoms with E-state index < -0.39 is 24.4 Å². The number of aliphatic hydroxyl groups is 1. The number of hydrogen-bond acceptors (Lipinski definition) is 4. The summed E-state index contributed by atoms with van der Waals surface area (Å²) in [5.74, 6) is 0. The van der Waals surface area contributed by atoms with Crippen LogP contribution in [0.1, 0.15) is 40.3 Å². The van der Waals surface area contributed by atoms with Crippen molar-refractivity contribution in [2.75, 3.05) is 0 Å². The second-order valence-electron chi connectivity index (χ2n) is 6.29. The maximum Gasteiger partial charge on any atom is 0.498 e. The second-order valence-corrected chi connectivity index (χ2v) is 6.70. The fourth-order valence-corrected chi connectivity index (χ4v) is 2.40. The van der Waals surface area contributed by atoms with E-state index in [2.05, 4.69) is 4.98 Å². The number of hydrogen-bond donors (Lipinski definition) is 1. The highest BCUT2D eigenvalue weighted by atomic mass is 35.5. The van der Waals surface area contributed by atoms with Crippen molar-refractivity contribution in [2.45, 2.75) is 58.3 Å². The number of pyridine rings is 1. The standard InChI is InChI=1S/C14H21BClNO3/c1-9(18)8-11-12(10(16)6-7-17-11)15-19-13(2,3)14(4,5)20-15/h6-7,9,18H,8H2,1-5H3. The molecule has 0 bridgehead atoms. The monoisotopic (exact) mass is 297 g/mol. The summed E-state index contributed by atoms with van der Waals surface area (Å²) in [6, 6.07) is 1.72. The van der Waals surface area contributed by atoms with Crippen LogP contribution < -0.4 is 5.46 Å². The Hall–Kier alpha value is -0.615. The highest BCUT2D eigenvalue weighted by Gasteiger charge is 2.52. The Morgan fingerprint density at radius 2 is 1.85 bits per heavy atom. The molecule has 2 heterocycles. The molecule has 1 atom stereocenters. The van der Waals surface area contributed by atoms with Crippen molar-refractivity contribution < 1.29 is 14.4 Å². The molecule has 110 valence electrons. The summed E-state index contributed by atoms with van der Waals surface area (Å²) >= 11 is 6.30. The van der Waals surface area contributed by atoms with Gasteiger partial charge in [0.05, 0.1) is 17.3 Å². The molecule has 6 heteroatoms. The van der Waals surface area contributed by atoms with Crippen LogP contribution in [0.25, 0.3) is 0 Å². The van der Waals surface area contributed by atoms with Crippen LogP contribution in [0.2, 0.25) is 5.02 Å². The molecule has 1 N–H and O–H groups in total. The van der Waals surface area contributed by atoms with Crippen LogP contribution >= 0.6 is 11.6 Å². The van der Waals surface area contributed by atoms with Gasteiger partial charge in [0.25, 0.3) is 0 Å². The zero-order valence-corrected chi connectivity index (χ0v) is 13.4. The van der Waals surface area contributed by atoms with Crippen molar-refractivity contribution >= 4 is 24.2 Å². The van der Waals surface area contributed by atoms with E-state index >= 15 is 0 Å². The molecule has 0 radical (unpaired) electrons. The maximum atomic E-state index is 9.60. The molecule has 2 rings (SSSR count). The Morgan fingerprint density at radius 1 is 1.30 bits per heavy atom. The first-order valence-electron chi connectivity index (χ1n) is 6.81. The lowest BCUT2D eigenvalue weighted by Gasteiger charge is -2.32. The van der Waals surface area contributed by atoms with Crippen LogP contribution in [-0.4, -0.2) is 34.5 Å². The summed E-state index contributed by atoms with van der Waals surface area (Å²) in [5, 5.41) is 10.2. The van der Waals surface area contributed by atoms with Crippen molar-refractivity contribution in [3.63, 3.8) is 0 Å². The molecular formula is C14H21BClNO3. The number of rotatable bonds is 3. The summed E-state index contributed by atoms with van der Waals surface area (Å²) in [7, 11) is -0.560. The zero-order valence-electron chi connectivity index (χ0n) is 12.6. The lowest BCUT2D eigenvalue weighted by Crippen LogP contribution is -2.41. The van der Waals surface area contributed by atoms with Gasteiger partial charge in [-0.25, -0.2) is 0 Å². The highest BCUT2D eigenvalue weighted by molar-refractivity contribution is 6.66. The quantitative estimate of drug-likeness (QED) is 0.867. The molecule has 1 fully saturated rings. The van der Waals surface area contributed by atoms with Crippen LogP contribution in [-0.2, 0) is 15.7 Å². The van der Waals surface area contributed by atoms with Crippen LogP contribution in [0.15, 0.2) is 12.3 Å². The van der Waals surface area contributed by atoms with Crippen LogP contribution in [0.3, 0.4) is 0 Å². The molecule has 0 aromatic carbocycles. The number of nitrogens with zero attached hydrogens (tertiary/aromatic N) is 1. The average molecular weight is 298 g/mol. The van der Waals surface area contributed by atoms with E-state index in [1.54, 1.807) is 19.2 Å². The first kappa shape index (κ1) is 15.8. The van der Waals surface area contributed by atoms with Crippen molar-refractivity contribution in [2.24, 2.45) is 0 Å². The summed E-state index contributed by atoms with van der Waals surface area (Å²) in [4.78, 5) is 4.32. The van der Waals surface area contributed by atoms with E-state index in [1.165, 1.54) is 0 Å². The minimum atomic E-state index is -0.560. The molecule has 1 saturated heterocycles. The Labute approximate surface area is 125 Å². The van der Waals surface area contributed by atoms with E-state index in [0.29, 0.717) is 22.6 Å². The largest absolute Gasteiger partial charge is 0.498 e. The first-order valence-corrected chi connectivity index (χ1v) is 7.19. The van der Waals surface area contributed by atoms with Gasteiger partial charge in [0.15, 0.2) is 0 Å². The predicted molar refractivity (Wildman–Crippen MR) is 80.3 cm³/mol. The van der Waals surface area contributed by atoms with Gasteiger partial charge in [-0.2, -0.15) is 0 Å². The van der Waals surface area contributed by atoms with E-state index in [-0.39, 0.29) is 0 Å². The maximum absolute atomic E-state index is 9.60. The number of aliphatic hydroxyl groups excluding tert-OH is 1. The summed E-state index contributed by atoms with van der Waals surface area (Å²) < 4.78 is 12.0. The Balaban J connectivity index is 2.39. The minimum absolute atomic E-state index is 0.417. The third kappa shape index (κ3) is 2.86. The third-order valence-corrected chi connectivity index (χ3v) is 4.33. The summed E-state index contributed by atoms with van der Waals surface area (Å²) in [5.41, 5.74) is 0.567. The zero-order chi connectivity index (χ0) is 15.1. The van der Waals surface area contributed by atoms with E-state index in [9.17, 15) is 5.11 Å². The van der Waals surface area contributed by atoms with Gasteiger partial charge in [-0.15, -0.1) is 0 Å². The fourth-order valence-electron chi connectivity index (χ4n) is 2.14. The van der Waals surface area contributed by atoms with Crippen LogP contribution in [0.4, 0.5) is 0 Å². The molecular weight excluding hydrogens is 276 g/mol. The highest BCUT2D eigenvalue weighted by Crippen LogP contribution is 2.37. The molecule has 20 heavy (non-hydrogen) atoms. The van der Waals surface area contributed by atoms with E-state index in [4.69, 9.17) is 20.9 Å². The van der Waals surface area contributed by atoms with Crippen molar-refractivity contribution in [3.05, 3.63) is 23.0 Å². The molecule has 0 aliphatic carbocycles. The Morgan fingerprint density at radius 3 is 2.35 bits per heavy atom. The van der Waals surface area contributed by atoms with Gasteiger partial charge in [0, 0.05) is 28.8 Å². The Kier molecular flexibility index (Phi) is 4.18. The van der Waals surface area contributed by atoms with Gasteiger partial charge >= 0.3 is 7.12 Å². The molecule has 0 amide bonds. The van der Waals surface area contributed by atoms with Crippen molar-refractivity contribution in [1.82, 2.24) is 4.98 Å². The molecule has 1 aromatic rings. The second kappa shape index (κ2) is 5.30. The third-order valence-electron chi connectivity index (χ3n) is 4.00. The van der Waals surface area contributed by atoms with Gasteiger partial charge in [-0.05, 0) is 40.7 Å². The lowest BCUT2D eigenvalue weighted by molar-refractivity contribution is 0.00578. The molecule has 1 unspecified atom stereocenters. The molecule has 1 aliphatic rings. The van der Waals surface area contributed by atoms with Gasteiger partial charge in [-0.1, -0.05) is 11.6 Å². The van der Waals surface area contributed by atoms with Crippen LogP contribution in [0, 0.1) is 0 Å². The van der Waals surface area contributed by atoms with Gasteiger partial charge in [0.2, 0.25) is 0 Å². The lowest BCUT2D eigenvalue weighted by atomic mass is 9.77. The van der Waals surface area contributed by atoms with Gasteiger partial charge in [0.1, 0.15) is 0 Å². The molecule has 0 spiro atoms. The number of halogens is 1. The summed E-state index contributed by atoms with van der Waals surface area (Å²) in [6.45, 7) is 9.69. The molecule has 0 saturated carbocycles. The SMILES string of the molecule is CC(O)Cc1nccc(Cl)c1B1OC(C)(C)C(C)(C)O1. The van der Waals surface area contributed by atoms with E-state index in [0.717, 1.165) is 0 Å². The van der Waals surface area contributed by atoms with Gasteiger partial charge in [-0.3, -0.25) is 4.98 Å². The number of aromatic nitrogens is 1. The topological polar surface area (TPSA) is 51.6 Å². The van der Waals surface area contributed by atoms with Crippen molar-refractivity contribution in [3.8, 4) is 0 Å². The predicted octanol–water partition coefficient (Wildman–Crippen LogP) is 1.96. The smallest absolute Gasteiger partial charge is 0.399 e. The Bertz CT molecular complexity index is 489. The van der Waals surface area contributed by atoms with E-state index in [1.807, 2.05) is 27.7 Å². The fraction of sp³-hybridized carbons (Fsp3) is 0.643. The van der Waals surface area contributed by atoms with Gasteiger partial charge < -0.3 is 14.4 Å². The summed E-state index contributed by atoms with van der Waals surface area (Å²) in [6.07, 6.45) is 1.55. The molecule has 4 nitrogen and oxygen atoms in total. The minimum Gasteiger partial charge on any atom is -0.399 e. The molecule has 1 aliphatic heterocycles. The van der Waals surface area contributed by atoms with Crippen LogP contribution in [0.5, 0.6) is 0 Å². The molecule has 1 aromatic heterocycles. The van der Waals surface area contributed by atoms with Crippen molar-refractivity contribution in [1.29, 1.82) is 0 Å². The average Bonchev–Trinajstić information content (AvgIpc) is 2.46. The normalized spacial score (nSPS) is 22.1. The first-order chi connectivity index (χ1) is 9.14.